The van der Waals surface area contributed by atoms with Crippen molar-refractivity contribution >= 4 is 33.3 Å². The second-order valence-corrected chi connectivity index (χ2v) is 6.74. The number of hydrogen-bond donors (Lipinski definition) is 1. The predicted molar refractivity (Wildman–Crippen MR) is 80.8 cm³/mol. The fraction of sp³-hybridized carbons (Fsp3) is 0.133. The molecule has 3 rings (SSSR count). The number of nitrogens with zero attached hydrogens (tertiary/aromatic N) is 1. The number of thiazole rings is 1. The summed E-state index contributed by atoms with van der Waals surface area (Å²) in [5, 5.41) is 9.44. The minimum absolute atomic E-state index is 0.326. The lowest BCUT2D eigenvalue weighted by Crippen LogP contribution is -1.92. The molecule has 0 spiro atoms. The van der Waals surface area contributed by atoms with E-state index in [2.05, 4.69) is 4.98 Å². The molecule has 20 heavy (non-hydrogen) atoms. The van der Waals surface area contributed by atoms with Gasteiger partial charge >= 0.3 is 0 Å². The number of rotatable bonds is 3. The molecule has 3 aromatic rings. The number of aromatic nitrogens is 1. The van der Waals surface area contributed by atoms with E-state index < -0.39 is 6.10 Å². The van der Waals surface area contributed by atoms with E-state index in [-0.39, 0.29) is 5.82 Å². The van der Waals surface area contributed by atoms with E-state index in [0.717, 1.165) is 14.6 Å². The Bertz CT molecular complexity index is 721. The highest BCUT2D eigenvalue weighted by atomic mass is 32.2. The van der Waals surface area contributed by atoms with Gasteiger partial charge < -0.3 is 5.11 Å². The normalized spacial score (nSPS) is 12.8. The van der Waals surface area contributed by atoms with Crippen molar-refractivity contribution in [1.29, 1.82) is 0 Å². The van der Waals surface area contributed by atoms with Gasteiger partial charge in [-0.1, -0.05) is 30.0 Å². The van der Waals surface area contributed by atoms with E-state index in [1.54, 1.807) is 30.4 Å². The van der Waals surface area contributed by atoms with Crippen LogP contribution in [0.25, 0.3) is 10.2 Å². The van der Waals surface area contributed by atoms with Crippen LogP contribution in [0.15, 0.2) is 51.7 Å². The quantitative estimate of drug-likeness (QED) is 0.765. The number of halogens is 1. The molecule has 0 saturated heterocycles. The summed E-state index contributed by atoms with van der Waals surface area (Å²) in [5.41, 5.74) is 1.51. The smallest absolute Gasteiger partial charge is 0.156 e. The second-order valence-electron chi connectivity index (χ2n) is 4.42. The van der Waals surface area contributed by atoms with Crippen molar-refractivity contribution in [3.8, 4) is 0 Å². The first-order valence-corrected chi connectivity index (χ1v) is 7.78. The summed E-state index contributed by atoms with van der Waals surface area (Å²) < 4.78 is 15.9. The fourth-order valence-corrected chi connectivity index (χ4v) is 3.88. The van der Waals surface area contributed by atoms with E-state index in [1.807, 2.05) is 24.3 Å². The van der Waals surface area contributed by atoms with Crippen molar-refractivity contribution < 1.29 is 9.50 Å². The van der Waals surface area contributed by atoms with Gasteiger partial charge in [-0.3, -0.25) is 0 Å². The first-order chi connectivity index (χ1) is 9.63. The number of fused-ring (bicyclic) bond motifs is 1. The highest BCUT2D eigenvalue weighted by Gasteiger charge is 2.11. The van der Waals surface area contributed by atoms with E-state index in [9.17, 15) is 9.50 Å². The summed E-state index contributed by atoms with van der Waals surface area (Å²) in [5.74, 6) is -0.326. The van der Waals surface area contributed by atoms with Crippen molar-refractivity contribution in [2.24, 2.45) is 0 Å². The van der Waals surface area contributed by atoms with Crippen LogP contribution >= 0.6 is 23.1 Å². The standard InChI is InChI=1S/C15H12FNOS2/c1-9(18)10-6-7-13(11(16)8-10)19-15-17-12-4-2-3-5-14(12)20-15/h2-9,18H,1H3. The molecule has 0 bridgehead atoms. The Morgan fingerprint density at radius 1 is 1.25 bits per heavy atom. The van der Waals surface area contributed by atoms with Crippen molar-refractivity contribution in [3.05, 3.63) is 53.8 Å². The number of aliphatic hydroxyl groups excluding tert-OH is 1. The van der Waals surface area contributed by atoms with Crippen LogP contribution in [0.5, 0.6) is 0 Å². The summed E-state index contributed by atoms with van der Waals surface area (Å²) in [6.07, 6.45) is -0.661. The number of para-hydroxylation sites is 1. The van der Waals surface area contributed by atoms with Gasteiger partial charge in [-0.05, 0) is 36.8 Å². The Balaban J connectivity index is 1.90. The zero-order valence-corrected chi connectivity index (χ0v) is 12.3. The highest BCUT2D eigenvalue weighted by molar-refractivity contribution is 8.01. The van der Waals surface area contributed by atoms with E-state index >= 15 is 0 Å². The summed E-state index contributed by atoms with van der Waals surface area (Å²) in [6.45, 7) is 1.62. The summed E-state index contributed by atoms with van der Waals surface area (Å²) >= 11 is 2.86. The highest BCUT2D eigenvalue weighted by Crippen LogP contribution is 2.36. The third kappa shape index (κ3) is 2.70. The van der Waals surface area contributed by atoms with Crippen LogP contribution in [0, 0.1) is 5.82 Å². The van der Waals surface area contributed by atoms with Crippen molar-refractivity contribution in [2.75, 3.05) is 0 Å². The summed E-state index contributed by atoms with van der Waals surface area (Å²) in [7, 11) is 0. The van der Waals surface area contributed by atoms with Crippen molar-refractivity contribution in [3.63, 3.8) is 0 Å². The zero-order chi connectivity index (χ0) is 14.1. The molecule has 2 aromatic carbocycles. The Labute approximate surface area is 124 Å². The number of hydrogen-bond acceptors (Lipinski definition) is 4. The maximum absolute atomic E-state index is 14.0. The molecule has 0 radical (unpaired) electrons. The molecule has 5 heteroatoms. The van der Waals surface area contributed by atoms with Gasteiger partial charge in [0.15, 0.2) is 4.34 Å². The van der Waals surface area contributed by atoms with Gasteiger partial charge in [-0.15, -0.1) is 11.3 Å². The van der Waals surface area contributed by atoms with Gasteiger partial charge in [0, 0.05) is 0 Å². The van der Waals surface area contributed by atoms with Crippen LogP contribution in [0.1, 0.15) is 18.6 Å². The maximum atomic E-state index is 14.0. The van der Waals surface area contributed by atoms with Crippen LogP contribution in [0.2, 0.25) is 0 Å². The van der Waals surface area contributed by atoms with Gasteiger partial charge in [0.1, 0.15) is 5.82 Å². The van der Waals surface area contributed by atoms with Crippen LogP contribution < -0.4 is 0 Å². The largest absolute Gasteiger partial charge is 0.389 e. The monoisotopic (exact) mass is 305 g/mol. The summed E-state index contributed by atoms with van der Waals surface area (Å²) in [6, 6.07) is 12.7. The van der Waals surface area contributed by atoms with Gasteiger partial charge in [0.2, 0.25) is 0 Å². The zero-order valence-electron chi connectivity index (χ0n) is 10.7. The Morgan fingerprint density at radius 3 is 2.75 bits per heavy atom. The SMILES string of the molecule is CC(O)c1ccc(Sc2nc3ccccc3s2)c(F)c1. The van der Waals surface area contributed by atoms with Crippen LogP contribution in [-0.4, -0.2) is 10.1 Å². The fourth-order valence-electron chi connectivity index (χ4n) is 1.85. The molecule has 1 N–H and O–H groups in total. The molecule has 1 atom stereocenters. The molecule has 0 amide bonds. The van der Waals surface area contributed by atoms with Crippen LogP contribution in [-0.2, 0) is 0 Å². The Kier molecular flexibility index (Phi) is 3.74. The topological polar surface area (TPSA) is 33.1 Å². The first kappa shape index (κ1) is 13.5. The molecule has 2 nitrogen and oxygen atoms in total. The van der Waals surface area contributed by atoms with Gasteiger partial charge in [0.25, 0.3) is 0 Å². The molecule has 1 unspecified atom stereocenters. The lowest BCUT2D eigenvalue weighted by atomic mass is 10.1. The third-order valence-corrected chi connectivity index (χ3v) is 5.06. The maximum Gasteiger partial charge on any atom is 0.156 e. The molecule has 1 heterocycles. The molecular formula is C15H12FNOS2. The molecule has 0 saturated carbocycles. The average molecular weight is 305 g/mol. The Hall–Kier alpha value is -1.43. The van der Waals surface area contributed by atoms with E-state index in [1.165, 1.54) is 17.8 Å². The third-order valence-electron chi connectivity index (χ3n) is 2.91. The molecule has 0 aliphatic carbocycles. The lowest BCUT2D eigenvalue weighted by molar-refractivity contribution is 0.198. The lowest BCUT2D eigenvalue weighted by Gasteiger charge is -2.06. The van der Waals surface area contributed by atoms with Gasteiger partial charge in [-0.2, -0.15) is 0 Å². The molecular weight excluding hydrogens is 293 g/mol. The van der Waals surface area contributed by atoms with Crippen LogP contribution in [0.4, 0.5) is 4.39 Å². The van der Waals surface area contributed by atoms with Gasteiger partial charge in [0.05, 0.1) is 21.2 Å². The second kappa shape index (κ2) is 5.52. The number of aliphatic hydroxyl groups is 1. The van der Waals surface area contributed by atoms with Crippen molar-refractivity contribution in [1.82, 2.24) is 4.98 Å². The van der Waals surface area contributed by atoms with Crippen molar-refractivity contribution in [2.45, 2.75) is 22.3 Å². The molecule has 0 fully saturated rings. The number of benzene rings is 2. The summed E-state index contributed by atoms with van der Waals surface area (Å²) in [4.78, 5) is 4.99. The van der Waals surface area contributed by atoms with Gasteiger partial charge in [-0.25, -0.2) is 9.37 Å². The molecule has 1 aromatic heterocycles. The average Bonchev–Trinajstić information content (AvgIpc) is 2.83. The Morgan fingerprint density at radius 2 is 2.05 bits per heavy atom. The minimum atomic E-state index is -0.661. The molecule has 102 valence electrons. The predicted octanol–water partition coefficient (Wildman–Crippen LogP) is 4.64. The molecule has 0 aliphatic heterocycles. The van der Waals surface area contributed by atoms with E-state index in [4.69, 9.17) is 0 Å². The minimum Gasteiger partial charge on any atom is -0.389 e. The molecule has 0 aliphatic rings. The van der Waals surface area contributed by atoms with E-state index in [0.29, 0.717) is 10.5 Å². The van der Waals surface area contributed by atoms with Crippen LogP contribution in [0.3, 0.4) is 0 Å². The first-order valence-electron chi connectivity index (χ1n) is 6.14.